The number of halogens is 1. The summed E-state index contributed by atoms with van der Waals surface area (Å²) in [6, 6.07) is 2.78. The highest BCUT2D eigenvalue weighted by atomic mass is 19.1. The SMILES string of the molecule is CC[C@H](Cc1ccccc1)C(=O)N[C@H](C(=O)C[C@@H](CO)C(=O)N[C@H](CCC(=N)N)C(=O)C[C@@H](C(=O)N[C@H](C(=O)C[C@@H](CO)C(=O)N[C@H]1C(=O)C[C@@H](CCCN=C(N)N)C(=O)NC2(CC2CC(C)F)C(=O)N[C@@H]([C@@H](C)CC)C(=O)O[C@H]1C)[C@@H](C)CC)[C@@H](C)CC)[C@@H](C)CC. The van der Waals surface area contributed by atoms with E-state index in [1.165, 1.54) is 13.8 Å². The second-order valence-electron chi connectivity index (χ2n) is 26.1. The van der Waals surface area contributed by atoms with Crippen LogP contribution in [0.15, 0.2) is 35.3 Å². The molecule has 0 radical (unpaired) electrons. The van der Waals surface area contributed by atoms with Gasteiger partial charge in [0.1, 0.15) is 23.7 Å². The molecule has 2 fully saturated rings. The molecule has 1 saturated heterocycles. The molecule has 0 bridgehead atoms. The van der Waals surface area contributed by atoms with Gasteiger partial charge in [-0.05, 0) is 93.9 Å². The Morgan fingerprint density at radius 1 is 0.742 bits per heavy atom. The first-order valence-electron chi connectivity index (χ1n) is 33.3. The van der Waals surface area contributed by atoms with E-state index in [4.69, 9.17) is 27.3 Å². The minimum atomic E-state index is -1.69. The standard InChI is InChI=1S/C67H108FN11O14/c1-12-36(6)48(32-50(82)49(24-25-54(69)70)74-60(87)45(34-80)30-51(83)55(37(7)13-2)75-59(86)43(16-5)28-42-21-18-17-19-22-42)63(90)76-56(38(8)14-3)52(84)31-46(35-81)61(88)77-58-41(11)93-64(91)57(39(9)15-4)78-65(92)67(33-47(67)27-40(10)68)79-62(89)44(29-53(58)85)23-20-26-73-66(71)72/h17-19,21-22,36-41,43-49,55-58,80-81H,12-16,20,23-35H2,1-11H3,(H3,69,70)(H,74,87)(H,75,86)(H,76,90)(H,77,88)(H,78,92)(H,79,89)(H4,71,72,73)/t36-,37-,38-,39-,40?,41-,43+,44+,45-,46-,47?,48+,49+,55-,56-,57-,58+,67?/m0/s1. The number of hydrogen-bond acceptors (Lipinski definition) is 16. The van der Waals surface area contributed by atoms with Crippen LogP contribution >= 0.6 is 0 Å². The smallest absolute Gasteiger partial charge is 0.329 e. The van der Waals surface area contributed by atoms with Gasteiger partial charge >= 0.3 is 5.97 Å². The lowest BCUT2D eigenvalue weighted by Gasteiger charge is -2.31. The third-order valence-corrected chi connectivity index (χ3v) is 18.9. The molecule has 18 atom stereocenters. The molecule has 2 aliphatic rings. The number of hydrogen-bond donors (Lipinski definition) is 12. The number of aliphatic hydroxyl groups excluding tert-OH is 2. The molecule has 1 heterocycles. The van der Waals surface area contributed by atoms with E-state index in [2.05, 4.69) is 36.9 Å². The van der Waals surface area contributed by atoms with Crippen molar-refractivity contribution in [2.45, 2.75) is 227 Å². The van der Waals surface area contributed by atoms with Crippen LogP contribution in [0.4, 0.5) is 4.39 Å². The molecule has 1 aliphatic carbocycles. The van der Waals surface area contributed by atoms with Crippen LogP contribution < -0.4 is 49.1 Å². The van der Waals surface area contributed by atoms with Gasteiger partial charge in [0.15, 0.2) is 29.1 Å². The van der Waals surface area contributed by atoms with Crippen molar-refractivity contribution in [3.8, 4) is 0 Å². The van der Waals surface area contributed by atoms with Crippen molar-refractivity contribution in [1.82, 2.24) is 31.9 Å². The third-order valence-electron chi connectivity index (χ3n) is 18.9. The number of amides is 6. The van der Waals surface area contributed by atoms with Crippen LogP contribution in [0.2, 0.25) is 0 Å². The minimum Gasteiger partial charge on any atom is -0.458 e. The Morgan fingerprint density at radius 3 is 1.82 bits per heavy atom. The second kappa shape index (κ2) is 38.8. The molecule has 0 aromatic heterocycles. The maximum Gasteiger partial charge on any atom is 0.329 e. The molecule has 3 unspecified atom stereocenters. The normalized spacial score (nSPS) is 23.2. The van der Waals surface area contributed by atoms with Crippen molar-refractivity contribution in [1.29, 1.82) is 5.41 Å². The van der Waals surface area contributed by atoms with E-state index >= 15 is 0 Å². The van der Waals surface area contributed by atoms with Gasteiger partial charge in [0.05, 0.1) is 55.2 Å². The monoisotopic (exact) mass is 1310 g/mol. The fourth-order valence-electron chi connectivity index (χ4n) is 11.8. The van der Waals surface area contributed by atoms with E-state index in [0.717, 1.165) is 5.56 Å². The van der Waals surface area contributed by atoms with Gasteiger partial charge in [-0.2, -0.15) is 0 Å². The lowest BCUT2D eigenvalue weighted by atomic mass is 9.83. The largest absolute Gasteiger partial charge is 0.458 e. The summed E-state index contributed by atoms with van der Waals surface area (Å²) in [6.07, 6.45) is -2.78. The van der Waals surface area contributed by atoms with Gasteiger partial charge in [-0.25, -0.2) is 9.18 Å². The first-order valence-corrected chi connectivity index (χ1v) is 33.3. The summed E-state index contributed by atoms with van der Waals surface area (Å²) >= 11 is 0. The van der Waals surface area contributed by atoms with Crippen molar-refractivity contribution in [3.05, 3.63) is 35.9 Å². The summed E-state index contributed by atoms with van der Waals surface area (Å²) < 4.78 is 20.3. The summed E-state index contributed by atoms with van der Waals surface area (Å²) in [5.41, 5.74) is 16.1. The Morgan fingerprint density at radius 2 is 1.30 bits per heavy atom. The number of nitrogens with zero attached hydrogens (tertiary/aromatic N) is 1. The molecule has 93 heavy (non-hydrogen) atoms. The lowest BCUT2D eigenvalue weighted by molar-refractivity contribution is -0.157. The number of aliphatic imine (C=N–C) groups is 1. The number of carbonyl (C=O) groups excluding carboxylic acids is 11. The second-order valence-corrected chi connectivity index (χ2v) is 26.1. The highest BCUT2D eigenvalue weighted by Crippen LogP contribution is 2.48. The van der Waals surface area contributed by atoms with Crippen LogP contribution in [-0.4, -0.2) is 154 Å². The lowest BCUT2D eigenvalue weighted by Crippen LogP contribution is -2.57. The fraction of sp³-hybridized carbons (Fsp3) is 0.716. The van der Waals surface area contributed by atoms with Gasteiger partial charge in [0, 0.05) is 56.4 Å². The number of ketones is 4. The molecule has 1 aromatic carbocycles. The predicted molar refractivity (Wildman–Crippen MR) is 349 cm³/mol. The maximum atomic E-state index is 14.6. The molecular formula is C67H108FN11O14. The Hall–Kier alpha value is -7.22. The van der Waals surface area contributed by atoms with Crippen molar-refractivity contribution in [2.24, 2.45) is 81.4 Å². The van der Waals surface area contributed by atoms with Crippen LogP contribution in [0.3, 0.4) is 0 Å². The summed E-state index contributed by atoms with van der Waals surface area (Å²) in [6.45, 7) is 16.9. The molecule has 26 heteroatoms. The number of amidine groups is 1. The topological polar surface area (TPSA) is 424 Å². The number of alkyl halides is 1. The number of carbonyl (C=O) groups is 11. The van der Waals surface area contributed by atoms with Crippen LogP contribution in [0, 0.1) is 64.6 Å². The number of guanidine groups is 1. The van der Waals surface area contributed by atoms with Crippen molar-refractivity contribution in [2.75, 3.05) is 19.8 Å². The minimum absolute atomic E-state index is 0.00623. The quantitative estimate of drug-likeness (QED) is 0.0194. The molecule has 1 aromatic rings. The molecule has 25 nitrogen and oxygen atoms in total. The van der Waals surface area contributed by atoms with Gasteiger partial charge in [-0.3, -0.25) is 58.3 Å². The molecule has 522 valence electrons. The van der Waals surface area contributed by atoms with Gasteiger partial charge in [-0.1, -0.05) is 118 Å². The predicted octanol–water partition coefficient (Wildman–Crippen LogP) is 3.49. The third kappa shape index (κ3) is 24.3. The first-order chi connectivity index (χ1) is 43.9. The average molecular weight is 1310 g/mol. The number of aliphatic hydroxyl groups is 2. The van der Waals surface area contributed by atoms with E-state index in [-0.39, 0.29) is 68.7 Å². The number of rotatable bonds is 39. The zero-order chi connectivity index (χ0) is 70.0. The number of nitrogens with one attached hydrogen (secondary N) is 7. The first kappa shape index (κ1) is 80.0. The Kier molecular flexibility index (Phi) is 33.4. The Bertz CT molecular complexity index is 2750. The average Bonchev–Trinajstić information content (AvgIpc) is 1.58. The van der Waals surface area contributed by atoms with Crippen LogP contribution in [0.25, 0.3) is 0 Å². The fourth-order valence-corrected chi connectivity index (χ4v) is 11.8. The van der Waals surface area contributed by atoms with Crippen LogP contribution in [0.5, 0.6) is 0 Å². The molecule has 15 N–H and O–H groups in total. The summed E-state index contributed by atoms with van der Waals surface area (Å²) in [7, 11) is 0. The molecule has 1 spiro atoms. The highest BCUT2D eigenvalue weighted by Gasteiger charge is 2.62. The Labute approximate surface area is 547 Å². The van der Waals surface area contributed by atoms with Gasteiger partial charge in [0.25, 0.3) is 0 Å². The maximum absolute atomic E-state index is 14.6. The zero-order valence-electron chi connectivity index (χ0n) is 56.5. The van der Waals surface area contributed by atoms with E-state index < -0.39 is 199 Å². The van der Waals surface area contributed by atoms with E-state index in [1.807, 2.05) is 44.2 Å². The van der Waals surface area contributed by atoms with Crippen molar-refractivity contribution in [3.63, 3.8) is 0 Å². The summed E-state index contributed by atoms with van der Waals surface area (Å²) in [5.74, 6) is -16.9. The molecule has 3 rings (SSSR count). The number of Topliss-reactive ketones (excluding diaryl/α,β-unsaturated/α-hetero) is 4. The van der Waals surface area contributed by atoms with E-state index in [0.29, 0.717) is 38.5 Å². The van der Waals surface area contributed by atoms with Crippen molar-refractivity contribution >= 4 is 76.3 Å². The molecular weight excluding hydrogens is 1200 g/mol. The number of ether oxygens (including phenoxy) is 1. The van der Waals surface area contributed by atoms with E-state index in [9.17, 15) is 67.3 Å². The molecule has 1 aliphatic heterocycles. The van der Waals surface area contributed by atoms with Crippen LogP contribution in [-0.2, 0) is 63.9 Å². The highest BCUT2D eigenvalue weighted by molar-refractivity contribution is 6.01. The van der Waals surface area contributed by atoms with Gasteiger partial charge < -0.3 is 64.1 Å². The zero-order valence-corrected chi connectivity index (χ0v) is 56.5. The molecule has 1 saturated carbocycles. The van der Waals surface area contributed by atoms with Gasteiger partial charge in [-0.15, -0.1) is 0 Å². The number of cyclic esters (lactones) is 1. The number of nitrogens with two attached hydrogens (primary N) is 3. The van der Waals surface area contributed by atoms with E-state index in [1.54, 1.807) is 48.5 Å². The summed E-state index contributed by atoms with van der Waals surface area (Å²) in [5, 5.41) is 45.7. The van der Waals surface area contributed by atoms with Gasteiger partial charge in [0.2, 0.25) is 35.4 Å². The Balaban J connectivity index is 1.92. The number of benzene rings is 1. The number of esters is 1. The molecule has 6 amide bonds. The summed E-state index contributed by atoms with van der Waals surface area (Å²) in [4.78, 5) is 161. The van der Waals surface area contributed by atoms with Crippen molar-refractivity contribution < 1.29 is 72.1 Å². The van der Waals surface area contributed by atoms with Crippen LogP contribution in [0.1, 0.15) is 178 Å².